The minimum atomic E-state index is 0.144. The van der Waals surface area contributed by atoms with Crippen LogP contribution in [0.3, 0.4) is 0 Å². The maximum absolute atomic E-state index is 12.6. The average Bonchev–Trinajstić information content (AvgIpc) is 2.80. The van der Waals surface area contributed by atoms with Gasteiger partial charge in [0.15, 0.2) is 0 Å². The molecule has 6 nitrogen and oxygen atoms in total. The molecule has 2 aromatic carbocycles. The molecule has 2 amide bonds. The number of hydrogen-bond donors (Lipinski definition) is 2. The molecular formula is C23H30N4O2+2. The molecule has 2 N–H and O–H groups in total. The highest BCUT2D eigenvalue weighted by Gasteiger charge is 2.30. The Kier molecular flexibility index (Phi) is 6.22. The van der Waals surface area contributed by atoms with Crippen molar-refractivity contribution in [2.45, 2.75) is 0 Å². The first-order valence-electron chi connectivity index (χ1n) is 10.6. The summed E-state index contributed by atoms with van der Waals surface area (Å²) in [5.41, 5.74) is 1.56. The Bertz CT molecular complexity index is 742. The molecule has 0 bridgehead atoms. The van der Waals surface area contributed by atoms with Crippen molar-refractivity contribution in [3.63, 3.8) is 0 Å². The van der Waals surface area contributed by atoms with Gasteiger partial charge in [0.1, 0.15) is 0 Å². The molecule has 0 spiro atoms. The molecule has 2 heterocycles. The largest absolute Gasteiger partial charge is 0.327 e. The molecular weight excluding hydrogens is 364 g/mol. The van der Waals surface area contributed by atoms with Crippen molar-refractivity contribution in [3.05, 3.63) is 71.8 Å². The van der Waals surface area contributed by atoms with Gasteiger partial charge in [-0.25, -0.2) is 0 Å². The number of nitrogens with zero attached hydrogens (tertiary/aromatic N) is 2. The minimum absolute atomic E-state index is 0.144. The SMILES string of the molecule is O=C(c1ccccc1)N1CC[NH+](C[NH+]2CCN(C(=O)c3ccccc3)CC2)CC1. The summed E-state index contributed by atoms with van der Waals surface area (Å²) in [5, 5.41) is 0. The van der Waals surface area contributed by atoms with Gasteiger partial charge in [-0.15, -0.1) is 0 Å². The van der Waals surface area contributed by atoms with Crippen LogP contribution in [0.25, 0.3) is 0 Å². The molecule has 0 saturated carbocycles. The molecule has 0 aromatic heterocycles. The Labute approximate surface area is 172 Å². The number of hydrogen-bond acceptors (Lipinski definition) is 2. The van der Waals surface area contributed by atoms with Crippen LogP contribution in [0.15, 0.2) is 60.7 Å². The van der Waals surface area contributed by atoms with E-state index < -0.39 is 0 Å². The second-order valence-electron chi connectivity index (χ2n) is 7.99. The van der Waals surface area contributed by atoms with Crippen molar-refractivity contribution in [3.8, 4) is 0 Å². The predicted octanol–water partition coefficient (Wildman–Crippen LogP) is -0.974. The number of amides is 2. The van der Waals surface area contributed by atoms with E-state index in [1.165, 1.54) is 0 Å². The molecule has 0 radical (unpaired) electrons. The van der Waals surface area contributed by atoms with Crippen LogP contribution in [0, 0.1) is 0 Å². The Balaban J connectivity index is 1.21. The van der Waals surface area contributed by atoms with Gasteiger partial charge in [0.05, 0.1) is 52.4 Å². The summed E-state index contributed by atoms with van der Waals surface area (Å²) in [4.78, 5) is 32.2. The number of piperazine rings is 2. The molecule has 2 aliphatic heterocycles. The van der Waals surface area contributed by atoms with E-state index in [1.54, 1.807) is 9.80 Å². The van der Waals surface area contributed by atoms with Crippen LogP contribution in [-0.4, -0.2) is 80.6 Å². The smallest absolute Gasteiger partial charge is 0.254 e. The van der Waals surface area contributed by atoms with Crippen LogP contribution < -0.4 is 9.80 Å². The molecule has 2 saturated heterocycles. The van der Waals surface area contributed by atoms with E-state index in [0.29, 0.717) is 0 Å². The first kappa shape index (κ1) is 19.6. The van der Waals surface area contributed by atoms with Gasteiger partial charge in [0, 0.05) is 11.1 Å². The van der Waals surface area contributed by atoms with Gasteiger partial charge in [-0.1, -0.05) is 36.4 Å². The zero-order chi connectivity index (χ0) is 20.1. The number of rotatable bonds is 4. The third-order valence-electron chi connectivity index (χ3n) is 6.06. The van der Waals surface area contributed by atoms with Crippen LogP contribution >= 0.6 is 0 Å². The molecule has 0 aliphatic carbocycles. The number of nitrogens with one attached hydrogen (secondary N) is 2. The average molecular weight is 395 g/mol. The first-order chi connectivity index (χ1) is 14.2. The lowest BCUT2D eigenvalue weighted by molar-refractivity contribution is -1.09. The number of quaternary nitrogens is 2. The van der Waals surface area contributed by atoms with E-state index in [4.69, 9.17) is 0 Å². The zero-order valence-corrected chi connectivity index (χ0v) is 16.8. The van der Waals surface area contributed by atoms with Crippen LogP contribution in [0.4, 0.5) is 0 Å². The lowest BCUT2D eigenvalue weighted by Crippen LogP contribution is -3.33. The van der Waals surface area contributed by atoms with Crippen molar-refractivity contribution >= 4 is 11.8 Å². The first-order valence-corrected chi connectivity index (χ1v) is 10.6. The van der Waals surface area contributed by atoms with Crippen molar-refractivity contribution in [2.24, 2.45) is 0 Å². The predicted molar refractivity (Wildman–Crippen MR) is 111 cm³/mol. The van der Waals surface area contributed by atoms with E-state index in [9.17, 15) is 9.59 Å². The van der Waals surface area contributed by atoms with Crippen LogP contribution in [0.5, 0.6) is 0 Å². The van der Waals surface area contributed by atoms with Crippen molar-refractivity contribution in [2.75, 3.05) is 59.0 Å². The van der Waals surface area contributed by atoms with E-state index in [-0.39, 0.29) is 11.8 Å². The van der Waals surface area contributed by atoms with Crippen LogP contribution in [0.1, 0.15) is 20.7 Å². The molecule has 152 valence electrons. The third-order valence-corrected chi connectivity index (χ3v) is 6.06. The van der Waals surface area contributed by atoms with Crippen molar-refractivity contribution in [1.29, 1.82) is 0 Å². The summed E-state index contributed by atoms with van der Waals surface area (Å²) >= 11 is 0. The highest BCUT2D eigenvalue weighted by Crippen LogP contribution is 2.05. The third kappa shape index (κ3) is 4.83. The molecule has 0 atom stereocenters. The molecule has 29 heavy (non-hydrogen) atoms. The second kappa shape index (κ2) is 9.20. The van der Waals surface area contributed by atoms with Gasteiger partial charge < -0.3 is 9.80 Å². The molecule has 2 fully saturated rings. The summed E-state index contributed by atoms with van der Waals surface area (Å²) in [6.45, 7) is 8.31. The van der Waals surface area contributed by atoms with Gasteiger partial charge >= 0.3 is 0 Å². The maximum atomic E-state index is 12.6. The van der Waals surface area contributed by atoms with E-state index >= 15 is 0 Å². The topological polar surface area (TPSA) is 49.5 Å². The summed E-state index contributed by atoms with van der Waals surface area (Å²) < 4.78 is 0. The fourth-order valence-corrected chi connectivity index (χ4v) is 4.29. The Morgan fingerprint density at radius 2 is 0.966 bits per heavy atom. The Morgan fingerprint density at radius 3 is 1.31 bits per heavy atom. The van der Waals surface area contributed by atoms with Gasteiger partial charge in [0.25, 0.3) is 11.8 Å². The van der Waals surface area contributed by atoms with Gasteiger partial charge in [-0.2, -0.15) is 0 Å². The summed E-state index contributed by atoms with van der Waals surface area (Å²) in [6, 6.07) is 19.1. The van der Waals surface area contributed by atoms with Gasteiger partial charge in [-0.05, 0) is 24.3 Å². The van der Waals surface area contributed by atoms with Gasteiger partial charge in [-0.3, -0.25) is 19.4 Å². The van der Waals surface area contributed by atoms with Crippen LogP contribution in [-0.2, 0) is 0 Å². The Morgan fingerprint density at radius 1 is 0.621 bits per heavy atom. The molecule has 4 rings (SSSR count). The quantitative estimate of drug-likeness (QED) is 0.701. The van der Waals surface area contributed by atoms with Crippen LogP contribution in [0.2, 0.25) is 0 Å². The van der Waals surface area contributed by atoms with Gasteiger partial charge in [0.2, 0.25) is 6.67 Å². The second-order valence-corrected chi connectivity index (χ2v) is 7.99. The normalized spacial score (nSPS) is 18.6. The molecule has 0 unspecified atom stereocenters. The van der Waals surface area contributed by atoms with E-state index in [0.717, 1.165) is 70.2 Å². The lowest BCUT2D eigenvalue weighted by Gasteiger charge is -2.36. The monoisotopic (exact) mass is 394 g/mol. The molecule has 2 aromatic rings. The highest BCUT2D eigenvalue weighted by molar-refractivity contribution is 5.94. The van der Waals surface area contributed by atoms with E-state index in [2.05, 4.69) is 0 Å². The minimum Gasteiger partial charge on any atom is -0.327 e. The standard InChI is InChI=1S/C23H28N4O2/c28-22(20-7-3-1-4-8-20)26-15-11-24(12-16-26)19-25-13-17-27(18-14-25)23(29)21-9-5-2-6-10-21/h1-10H,11-19H2/p+2. The molecule has 2 aliphatic rings. The fraction of sp³-hybridized carbons (Fsp3) is 0.391. The summed E-state index contributed by atoms with van der Waals surface area (Å²) in [5.74, 6) is 0.287. The fourth-order valence-electron chi connectivity index (χ4n) is 4.29. The number of carbonyl (C=O) groups is 2. The zero-order valence-electron chi connectivity index (χ0n) is 16.8. The Hall–Kier alpha value is -2.70. The van der Waals surface area contributed by atoms with E-state index in [1.807, 2.05) is 70.5 Å². The van der Waals surface area contributed by atoms with Crippen molar-refractivity contribution < 1.29 is 19.4 Å². The maximum Gasteiger partial charge on any atom is 0.254 e. The van der Waals surface area contributed by atoms with Crippen molar-refractivity contribution in [1.82, 2.24) is 9.80 Å². The highest BCUT2D eigenvalue weighted by atomic mass is 16.2. The number of benzene rings is 2. The number of carbonyl (C=O) groups excluding carboxylic acids is 2. The molecule has 6 heteroatoms. The summed E-state index contributed by atoms with van der Waals surface area (Å²) in [6.07, 6.45) is 0. The lowest BCUT2D eigenvalue weighted by atomic mass is 10.2. The summed E-state index contributed by atoms with van der Waals surface area (Å²) in [7, 11) is 0.